The van der Waals surface area contributed by atoms with Crippen LogP contribution in [0.2, 0.25) is 0 Å². The zero-order chi connectivity index (χ0) is 16.0. The van der Waals surface area contributed by atoms with Gasteiger partial charge in [-0.25, -0.2) is 4.79 Å². The molecule has 3 aliphatic rings. The molecule has 0 aromatic heterocycles. The van der Waals surface area contributed by atoms with Gasteiger partial charge in [0.15, 0.2) is 0 Å². The zero-order valence-corrected chi connectivity index (χ0v) is 13.7. The van der Waals surface area contributed by atoms with Crippen molar-refractivity contribution in [3.8, 4) is 0 Å². The molecule has 6 nitrogen and oxygen atoms in total. The summed E-state index contributed by atoms with van der Waals surface area (Å²) in [6, 6.07) is -0.322. The van der Waals surface area contributed by atoms with Crippen LogP contribution in [0.4, 0.5) is 0 Å². The molecule has 4 atom stereocenters. The van der Waals surface area contributed by atoms with E-state index in [4.69, 9.17) is 5.73 Å². The Morgan fingerprint density at radius 3 is 2.64 bits per heavy atom. The number of rotatable bonds is 4. The number of hydrogen-bond donors (Lipinski definition) is 3. The number of nitrogens with two attached hydrogens (primary N) is 1. The predicted molar refractivity (Wildman–Crippen MR) is 85.1 cm³/mol. The molecule has 0 aromatic rings. The lowest BCUT2D eigenvalue weighted by Crippen LogP contribution is -2.65. The molecule has 2 fully saturated rings. The maximum absolute atomic E-state index is 12.3. The van der Waals surface area contributed by atoms with E-state index in [0.29, 0.717) is 5.25 Å². The van der Waals surface area contributed by atoms with E-state index in [9.17, 15) is 14.7 Å². The Hall–Kier alpha value is -1.05. The molecule has 3 heterocycles. The van der Waals surface area contributed by atoms with Gasteiger partial charge in [0.05, 0.1) is 12.0 Å². The minimum atomic E-state index is -0.998. The summed E-state index contributed by atoms with van der Waals surface area (Å²) in [5.41, 5.74) is 6.13. The highest BCUT2D eigenvalue weighted by atomic mass is 32.2. The maximum atomic E-state index is 12.3. The van der Waals surface area contributed by atoms with E-state index in [2.05, 4.69) is 5.32 Å². The van der Waals surface area contributed by atoms with Crippen LogP contribution in [0.25, 0.3) is 0 Å². The highest BCUT2D eigenvalue weighted by molar-refractivity contribution is 8.03. The Morgan fingerprint density at radius 1 is 1.45 bits per heavy atom. The fourth-order valence-corrected chi connectivity index (χ4v) is 5.30. The van der Waals surface area contributed by atoms with Gasteiger partial charge >= 0.3 is 5.97 Å². The molecule has 3 aliphatic heterocycles. The maximum Gasteiger partial charge on any atom is 0.353 e. The summed E-state index contributed by atoms with van der Waals surface area (Å²) in [7, 11) is 0. The Kier molecular flexibility index (Phi) is 4.22. The van der Waals surface area contributed by atoms with Gasteiger partial charge in [-0.3, -0.25) is 4.79 Å². The number of fused-ring (bicyclic) bond motifs is 1. The summed E-state index contributed by atoms with van der Waals surface area (Å²) in [4.78, 5) is 26.4. The Bertz CT molecular complexity index is 528. The zero-order valence-electron chi connectivity index (χ0n) is 12.9. The molecule has 0 aliphatic carbocycles. The second kappa shape index (κ2) is 5.86. The van der Waals surface area contributed by atoms with E-state index in [1.165, 1.54) is 4.90 Å². The van der Waals surface area contributed by atoms with Crippen molar-refractivity contribution in [1.82, 2.24) is 10.2 Å². The molecule has 0 radical (unpaired) electrons. The number of nitrogens with zero attached hydrogens (tertiary/aromatic N) is 1. The highest BCUT2D eigenvalue weighted by Gasteiger charge is 2.59. The highest BCUT2D eigenvalue weighted by Crippen LogP contribution is 2.51. The number of nitrogens with one attached hydrogen (secondary N) is 1. The lowest BCUT2D eigenvalue weighted by atomic mass is 9.78. The first kappa shape index (κ1) is 15.8. The van der Waals surface area contributed by atoms with Gasteiger partial charge in [-0.15, -0.1) is 11.8 Å². The number of aliphatic carboxylic acids is 1. The van der Waals surface area contributed by atoms with Crippen LogP contribution in [0, 0.1) is 11.8 Å². The summed E-state index contributed by atoms with van der Waals surface area (Å²) in [5.74, 6) is -1.33. The Labute approximate surface area is 134 Å². The van der Waals surface area contributed by atoms with Crippen LogP contribution in [0.3, 0.4) is 0 Å². The average molecular weight is 325 g/mol. The van der Waals surface area contributed by atoms with E-state index < -0.39 is 5.97 Å². The topological polar surface area (TPSA) is 95.7 Å². The number of thioether (sulfide) groups is 1. The van der Waals surface area contributed by atoms with E-state index in [-0.39, 0.29) is 35.5 Å². The van der Waals surface area contributed by atoms with Crippen molar-refractivity contribution in [2.75, 3.05) is 13.1 Å². The molecule has 7 heteroatoms. The van der Waals surface area contributed by atoms with Gasteiger partial charge in [0.25, 0.3) is 0 Å². The largest absolute Gasteiger partial charge is 0.477 e. The standard InChI is InChI=1S/C15H23N3O3S/c1-7-11-10(8(2)16)14(19)18(11)12(15(20)21)13(7)22-9-3-5-17-6-4-9/h7-11,17H,3-6,16H2,1-2H3,(H,20,21)/t7-,8+,10-,11-/m1/s1. The van der Waals surface area contributed by atoms with Crippen LogP contribution in [-0.2, 0) is 9.59 Å². The van der Waals surface area contributed by atoms with Gasteiger partial charge in [0.1, 0.15) is 5.70 Å². The van der Waals surface area contributed by atoms with Crippen molar-refractivity contribution in [3.05, 3.63) is 10.6 Å². The Morgan fingerprint density at radius 2 is 2.09 bits per heavy atom. The molecule has 122 valence electrons. The van der Waals surface area contributed by atoms with Crippen molar-refractivity contribution < 1.29 is 14.7 Å². The normalized spacial score (nSPS) is 33.7. The molecule has 0 bridgehead atoms. The minimum Gasteiger partial charge on any atom is -0.477 e. The smallest absolute Gasteiger partial charge is 0.353 e. The lowest BCUT2D eigenvalue weighted by Gasteiger charge is -2.46. The van der Waals surface area contributed by atoms with Gasteiger partial charge in [-0.05, 0) is 32.9 Å². The third-order valence-electron chi connectivity index (χ3n) is 4.94. The first-order valence-corrected chi connectivity index (χ1v) is 8.75. The third-order valence-corrected chi connectivity index (χ3v) is 6.56. The monoisotopic (exact) mass is 325 g/mol. The van der Waals surface area contributed by atoms with Crippen molar-refractivity contribution in [1.29, 1.82) is 0 Å². The predicted octanol–water partition coefficient (Wildman–Crippen LogP) is 0.592. The van der Waals surface area contributed by atoms with Crippen LogP contribution in [0.15, 0.2) is 10.6 Å². The van der Waals surface area contributed by atoms with E-state index >= 15 is 0 Å². The quantitative estimate of drug-likeness (QED) is 0.655. The first-order valence-electron chi connectivity index (χ1n) is 7.87. The van der Waals surface area contributed by atoms with Crippen molar-refractivity contribution in [2.45, 2.75) is 44.0 Å². The van der Waals surface area contributed by atoms with Crippen molar-refractivity contribution in [3.63, 3.8) is 0 Å². The van der Waals surface area contributed by atoms with E-state index in [0.717, 1.165) is 30.8 Å². The molecule has 0 spiro atoms. The number of carboxylic acids is 1. The molecule has 0 saturated carbocycles. The van der Waals surface area contributed by atoms with Crippen LogP contribution in [0.1, 0.15) is 26.7 Å². The molecule has 22 heavy (non-hydrogen) atoms. The van der Waals surface area contributed by atoms with Crippen LogP contribution >= 0.6 is 11.8 Å². The number of carbonyl (C=O) groups is 2. The van der Waals surface area contributed by atoms with Crippen LogP contribution in [0.5, 0.6) is 0 Å². The van der Waals surface area contributed by atoms with Gasteiger partial charge in [0.2, 0.25) is 5.91 Å². The number of hydrogen-bond acceptors (Lipinski definition) is 5. The SMILES string of the molecule is C[C@H](N)[C@H]1C(=O)N2C(C(=O)O)=C(SC3CCNCC3)[C@H](C)[C@H]12. The molecule has 1 amide bonds. The number of carbonyl (C=O) groups excluding carboxylic acids is 1. The van der Waals surface area contributed by atoms with Crippen LogP contribution < -0.4 is 11.1 Å². The molecule has 3 rings (SSSR count). The Balaban J connectivity index is 1.86. The third kappa shape index (κ3) is 2.35. The second-order valence-corrected chi connectivity index (χ2v) is 7.80. The number of piperidine rings is 1. The second-order valence-electron chi connectivity index (χ2n) is 6.46. The van der Waals surface area contributed by atoms with Crippen molar-refractivity contribution in [2.24, 2.45) is 17.6 Å². The molecule has 0 unspecified atom stereocenters. The number of carboxylic acid groups (broad SMARTS) is 1. The number of amides is 1. The first-order chi connectivity index (χ1) is 10.4. The molecule has 0 aromatic carbocycles. The minimum absolute atomic E-state index is 0.0553. The fourth-order valence-electron chi connectivity index (χ4n) is 3.82. The summed E-state index contributed by atoms with van der Waals surface area (Å²) < 4.78 is 0. The molecule has 2 saturated heterocycles. The lowest BCUT2D eigenvalue weighted by molar-refractivity contribution is -0.157. The molecule has 4 N–H and O–H groups in total. The van der Waals surface area contributed by atoms with Gasteiger partial charge in [0, 0.05) is 22.1 Å². The average Bonchev–Trinajstić information content (AvgIpc) is 2.70. The molecular weight excluding hydrogens is 302 g/mol. The van der Waals surface area contributed by atoms with Gasteiger partial charge < -0.3 is 21.1 Å². The van der Waals surface area contributed by atoms with Crippen LogP contribution in [-0.4, -0.2) is 52.3 Å². The molecular formula is C15H23N3O3S. The van der Waals surface area contributed by atoms with Crippen molar-refractivity contribution >= 4 is 23.6 Å². The van der Waals surface area contributed by atoms with Gasteiger partial charge in [-0.2, -0.15) is 0 Å². The number of β-lactam (4-membered cyclic amide) rings is 1. The summed E-state index contributed by atoms with van der Waals surface area (Å²) in [6.07, 6.45) is 2.06. The summed E-state index contributed by atoms with van der Waals surface area (Å²) in [6.45, 7) is 5.79. The van der Waals surface area contributed by atoms with E-state index in [1.54, 1.807) is 11.8 Å². The fraction of sp³-hybridized carbons (Fsp3) is 0.733. The summed E-state index contributed by atoms with van der Waals surface area (Å²) >= 11 is 1.66. The van der Waals surface area contributed by atoms with E-state index in [1.807, 2.05) is 13.8 Å². The summed E-state index contributed by atoms with van der Waals surface area (Å²) in [5, 5.41) is 13.3. The van der Waals surface area contributed by atoms with Gasteiger partial charge in [-0.1, -0.05) is 6.92 Å².